The Morgan fingerprint density at radius 2 is 0.642 bits per heavy atom. The minimum atomic E-state index is -0.522. The van der Waals surface area contributed by atoms with E-state index in [1.54, 1.807) is 48.5 Å². The number of nitrogens with two attached hydrogens (primary N) is 1. The normalized spacial score (nSPS) is 11.4. The van der Waals surface area contributed by atoms with Crippen LogP contribution in [0.25, 0.3) is 66.5 Å². The van der Waals surface area contributed by atoms with Crippen molar-refractivity contribution in [3.63, 3.8) is 0 Å². The molecule has 12 rings (SSSR count). The number of nitrogens with one attached hydrogen (secondary N) is 3. The summed E-state index contributed by atoms with van der Waals surface area (Å²) in [6.45, 7) is 26.5. The highest BCUT2D eigenvalue weighted by atomic mass is 79.9. The van der Waals surface area contributed by atoms with Crippen molar-refractivity contribution in [3.8, 4) is 33.8 Å². The second-order valence-corrected chi connectivity index (χ2v) is 32.6. The van der Waals surface area contributed by atoms with Gasteiger partial charge in [-0.15, -0.1) is 0 Å². The van der Waals surface area contributed by atoms with Crippen LogP contribution in [-0.2, 0) is 66.5 Å². The van der Waals surface area contributed by atoms with E-state index >= 15 is 0 Å². The van der Waals surface area contributed by atoms with Crippen molar-refractivity contribution in [2.75, 3.05) is 5.73 Å². The first-order valence-electron chi connectivity index (χ1n) is 35.9. The van der Waals surface area contributed by atoms with Crippen LogP contribution in [0.3, 0.4) is 0 Å². The third-order valence-electron chi connectivity index (χ3n) is 18.3. The lowest BCUT2D eigenvalue weighted by Crippen LogP contribution is -2.34. The summed E-state index contributed by atoms with van der Waals surface area (Å²) in [7, 11) is 0. The molecule has 0 aliphatic carbocycles. The zero-order chi connectivity index (χ0) is 79.4. The molecule has 0 saturated heterocycles. The zero-order valence-corrected chi connectivity index (χ0v) is 68.7. The quantitative estimate of drug-likeness (QED) is 0.0353. The molecule has 12 aromatic rings. The van der Waals surface area contributed by atoms with Crippen LogP contribution in [0.15, 0.2) is 214 Å². The molecule has 0 saturated carbocycles. The topological polar surface area (TPSA) is 179 Å². The Morgan fingerprint density at radius 1 is 0.367 bits per heavy atom. The number of halogens is 7. The van der Waals surface area contributed by atoms with E-state index in [0.29, 0.717) is 40.8 Å². The predicted molar refractivity (Wildman–Crippen MR) is 446 cm³/mol. The number of anilines is 1. The van der Waals surface area contributed by atoms with Gasteiger partial charge in [-0.3, -0.25) is 28.8 Å². The lowest BCUT2D eigenvalue weighted by molar-refractivity contribution is -0.129. The molecular formula is C89H90Br3ClF3N7O6. The maximum absolute atomic E-state index is 13.4. The number of aromatic nitrogens is 3. The third-order valence-corrected chi connectivity index (χ3v) is 20.5. The summed E-state index contributed by atoms with van der Waals surface area (Å²) in [5.74, 6) is -0.846. The molecule has 0 unspecified atom stereocenters. The van der Waals surface area contributed by atoms with Gasteiger partial charge in [0, 0.05) is 154 Å². The SMILES string of the molecule is CC(C)(C)C(=O)NCc1ccc(Br)c(C(=O)Cl)c1.CCn1c(-c2ccc(F)cc2)cc2cc(CC(=O)c3cc(CNC(=O)C(C)(C)C)ccc3Br)ccc21.CCn1c(-c2ccc(F)cc2)cc2cc(CC(=O)c3cc(CNC(=O)C(C)(C)C)ccc3Br)ccc21.CCn1c(-c2ccc(F)cc2)cc2cc(N)ccc21. The van der Waals surface area contributed by atoms with Crippen molar-refractivity contribution in [2.45, 2.75) is 135 Å². The number of fused-ring (bicyclic) bond motifs is 3. The van der Waals surface area contributed by atoms with Crippen LogP contribution in [-0.4, -0.2) is 48.2 Å². The van der Waals surface area contributed by atoms with Gasteiger partial charge in [-0.1, -0.05) is 125 Å². The van der Waals surface area contributed by atoms with Crippen LogP contribution in [0.4, 0.5) is 18.9 Å². The summed E-state index contributed by atoms with van der Waals surface area (Å²) in [6.07, 6.45) is 0.519. The molecule has 0 aliphatic heterocycles. The molecule has 3 heterocycles. The largest absolute Gasteiger partial charge is 0.399 e. The van der Waals surface area contributed by atoms with Gasteiger partial charge in [-0.2, -0.15) is 0 Å². The Kier molecular flexibility index (Phi) is 27.7. The van der Waals surface area contributed by atoms with Gasteiger partial charge in [-0.25, -0.2) is 13.2 Å². The van der Waals surface area contributed by atoms with Gasteiger partial charge in [0.05, 0.1) is 0 Å². The molecule has 20 heteroatoms. The molecule has 0 spiro atoms. The molecule has 0 aliphatic rings. The van der Waals surface area contributed by atoms with E-state index in [1.807, 2.05) is 159 Å². The number of nitrogen functional groups attached to an aromatic ring is 1. The molecule has 3 aromatic heterocycles. The van der Waals surface area contributed by atoms with E-state index in [9.17, 15) is 41.9 Å². The van der Waals surface area contributed by atoms with Crippen molar-refractivity contribution in [1.29, 1.82) is 0 Å². The fraction of sp³-hybridized carbons (Fsp3) is 0.258. The summed E-state index contributed by atoms with van der Waals surface area (Å²) in [6, 6.07) is 60.4. The summed E-state index contributed by atoms with van der Waals surface area (Å²) in [5, 5.41) is 11.4. The van der Waals surface area contributed by atoms with Crippen LogP contribution in [0, 0.1) is 33.7 Å². The number of aryl methyl sites for hydroxylation is 3. The van der Waals surface area contributed by atoms with Gasteiger partial charge in [0.1, 0.15) is 17.5 Å². The fourth-order valence-corrected chi connectivity index (χ4v) is 13.9. The Labute approximate surface area is 665 Å². The predicted octanol–water partition coefficient (Wildman–Crippen LogP) is 22.2. The summed E-state index contributed by atoms with van der Waals surface area (Å²) < 4.78 is 48.6. The van der Waals surface area contributed by atoms with Crippen molar-refractivity contribution < 1.29 is 41.9 Å². The van der Waals surface area contributed by atoms with Crippen LogP contribution in [0.2, 0.25) is 0 Å². The standard InChI is InChI=1S/2C30H30BrFN2O2.C16H15FN2.C13H15BrClNO2/c2*1-5-34-26-13-7-19(14-22(26)17-27(34)21-8-10-23(32)11-9-21)16-28(35)24-15-20(6-12-25(24)31)18-33-29(36)30(2,3)4;1-2-19-15-8-7-14(18)9-12(15)10-16(19)11-3-5-13(17)6-4-11;1-13(2,3)12(18)16-7-8-4-5-10(14)9(6-8)11(15)17/h2*6-15,17H,5,16,18H2,1-4H3,(H,33,36);3-10H,2,18H2,1H3;4-6H,7H2,1-3H3,(H,16,18). The number of Topliss-reactive ketones (excluding diaryl/α,β-unsaturated/α-hetero) is 2. The number of amides is 3. The van der Waals surface area contributed by atoms with Gasteiger partial charge in [-0.05, 0) is 263 Å². The molecule has 566 valence electrons. The number of benzene rings is 9. The van der Waals surface area contributed by atoms with Crippen molar-refractivity contribution in [2.24, 2.45) is 16.2 Å². The van der Waals surface area contributed by atoms with Crippen molar-refractivity contribution >= 4 is 132 Å². The van der Waals surface area contributed by atoms with E-state index < -0.39 is 21.5 Å². The average molecular weight is 1690 g/mol. The second kappa shape index (κ2) is 36.2. The Hall–Kier alpha value is -9.66. The number of nitrogens with zero attached hydrogens (tertiary/aromatic N) is 3. The van der Waals surface area contributed by atoms with Crippen molar-refractivity contribution in [3.05, 3.63) is 276 Å². The van der Waals surface area contributed by atoms with Gasteiger partial charge in [0.25, 0.3) is 5.24 Å². The molecule has 9 aromatic carbocycles. The molecule has 3 amide bonds. The Bertz CT molecular complexity index is 5120. The third kappa shape index (κ3) is 21.6. The van der Waals surface area contributed by atoms with Gasteiger partial charge in [0.2, 0.25) is 17.7 Å². The van der Waals surface area contributed by atoms with E-state index in [2.05, 4.69) is 116 Å². The number of hydrogen-bond donors (Lipinski definition) is 4. The van der Waals surface area contributed by atoms with Gasteiger partial charge >= 0.3 is 0 Å². The summed E-state index contributed by atoms with van der Waals surface area (Å²) in [4.78, 5) is 73.8. The van der Waals surface area contributed by atoms with Gasteiger partial charge < -0.3 is 35.4 Å². The number of hydrogen-bond acceptors (Lipinski definition) is 7. The molecule has 5 N–H and O–H groups in total. The van der Waals surface area contributed by atoms with Gasteiger partial charge in [0.15, 0.2) is 11.6 Å². The van der Waals surface area contributed by atoms with Crippen LogP contribution in [0.5, 0.6) is 0 Å². The Morgan fingerprint density at radius 3 is 0.936 bits per heavy atom. The lowest BCUT2D eigenvalue weighted by Gasteiger charge is -2.18. The smallest absolute Gasteiger partial charge is 0.253 e. The fourth-order valence-electron chi connectivity index (χ4n) is 12.3. The molecule has 109 heavy (non-hydrogen) atoms. The van der Waals surface area contributed by atoms with Crippen molar-refractivity contribution in [1.82, 2.24) is 29.7 Å². The minimum Gasteiger partial charge on any atom is -0.399 e. The van der Waals surface area contributed by atoms with Crippen LogP contribution >= 0.6 is 59.4 Å². The van der Waals surface area contributed by atoms with Crippen LogP contribution in [0.1, 0.15) is 142 Å². The summed E-state index contributed by atoms with van der Waals surface area (Å²) >= 11 is 15.7. The minimum absolute atomic E-state index is 0.00101. The summed E-state index contributed by atoms with van der Waals surface area (Å²) in [5.41, 5.74) is 20.5. The zero-order valence-electron chi connectivity index (χ0n) is 63.2. The highest BCUT2D eigenvalue weighted by molar-refractivity contribution is 9.11. The lowest BCUT2D eigenvalue weighted by atomic mass is 9.95. The van der Waals surface area contributed by atoms with E-state index in [-0.39, 0.29) is 59.6 Å². The first-order valence-corrected chi connectivity index (χ1v) is 38.7. The number of ketones is 2. The van der Waals surface area contributed by atoms with E-state index in [4.69, 9.17) is 17.3 Å². The monoisotopic (exact) mass is 1680 g/mol. The van der Waals surface area contributed by atoms with E-state index in [0.717, 1.165) is 129 Å². The first-order chi connectivity index (χ1) is 51.5. The number of rotatable bonds is 19. The highest BCUT2D eigenvalue weighted by Gasteiger charge is 2.25. The molecule has 0 fully saturated rings. The number of carbonyl (C=O) groups is 6. The first kappa shape index (κ1) is 83.4. The highest BCUT2D eigenvalue weighted by Crippen LogP contribution is 2.35. The van der Waals surface area contributed by atoms with E-state index in [1.165, 1.54) is 36.4 Å². The molecule has 0 atom stereocenters. The second-order valence-electron chi connectivity index (χ2n) is 29.7. The average Bonchev–Trinajstić information content (AvgIpc) is 1.67. The maximum Gasteiger partial charge on any atom is 0.253 e. The van der Waals surface area contributed by atoms with Crippen LogP contribution < -0.4 is 21.7 Å². The molecule has 0 bridgehead atoms. The molecule has 0 radical (unpaired) electrons. The molecular weight excluding hydrogens is 1600 g/mol. The number of carbonyl (C=O) groups excluding carboxylic acids is 6. The maximum atomic E-state index is 13.4. The molecule has 13 nitrogen and oxygen atoms in total. The Balaban J connectivity index is 0.000000175.